The number of aromatic amines is 1. The van der Waals surface area contributed by atoms with E-state index < -0.39 is 65.4 Å². The molecule has 0 saturated carbocycles. The molecule has 0 bridgehead atoms. The zero-order valence-electron chi connectivity index (χ0n) is 20.8. The van der Waals surface area contributed by atoms with Gasteiger partial charge in [0.2, 0.25) is 17.7 Å². The molecule has 3 amide bonds. The molecule has 0 fully saturated rings. The van der Waals surface area contributed by atoms with E-state index in [1.165, 1.54) is 6.07 Å². The summed E-state index contributed by atoms with van der Waals surface area (Å²) >= 11 is 0. The number of para-hydroxylation sites is 1. The Morgan fingerprint density at radius 3 is 2.18 bits per heavy atom. The molecule has 3 aromatic rings. The number of primary amides is 1. The summed E-state index contributed by atoms with van der Waals surface area (Å²) in [5.41, 5.74) is 4.63. The van der Waals surface area contributed by atoms with Crippen LogP contribution in [0.2, 0.25) is 0 Å². The first-order valence-corrected chi connectivity index (χ1v) is 11.9. The van der Waals surface area contributed by atoms with Gasteiger partial charge in [-0.05, 0) is 23.6 Å². The highest BCUT2D eigenvalue weighted by atomic mass is 16.4. The van der Waals surface area contributed by atoms with E-state index in [1.54, 1.807) is 62.4 Å². The summed E-state index contributed by atoms with van der Waals surface area (Å²) in [6.45, 7) is 3.16. The zero-order chi connectivity index (χ0) is 28.0. The molecule has 0 aliphatic carbocycles. The van der Waals surface area contributed by atoms with Crippen molar-refractivity contribution < 1.29 is 24.3 Å². The molecular weight excluding hydrogens is 494 g/mol. The van der Waals surface area contributed by atoms with Gasteiger partial charge in [-0.1, -0.05) is 56.3 Å². The lowest BCUT2D eigenvalue weighted by Gasteiger charge is -2.25. The molecule has 1 heterocycles. The third kappa shape index (κ3) is 6.52. The van der Waals surface area contributed by atoms with E-state index in [9.17, 15) is 33.9 Å². The van der Waals surface area contributed by atoms with Crippen LogP contribution in [0, 0.1) is 5.92 Å². The van der Waals surface area contributed by atoms with Gasteiger partial charge in [0.25, 0.3) is 5.56 Å². The minimum Gasteiger partial charge on any atom is -0.480 e. The number of amides is 3. The number of carbonyl (C=O) groups excluding carboxylic acids is 3. The summed E-state index contributed by atoms with van der Waals surface area (Å²) in [4.78, 5) is 78.6. The van der Waals surface area contributed by atoms with Crippen LogP contribution in [0.5, 0.6) is 0 Å². The molecule has 0 radical (unpaired) electrons. The van der Waals surface area contributed by atoms with E-state index in [2.05, 4.69) is 15.6 Å². The molecule has 0 aliphatic rings. The lowest BCUT2D eigenvalue weighted by atomic mass is 10.0. The van der Waals surface area contributed by atoms with Gasteiger partial charge in [-0.25, -0.2) is 14.2 Å². The molecule has 6 N–H and O–H groups in total. The monoisotopic (exact) mass is 523 g/mol. The average molecular weight is 524 g/mol. The fourth-order valence-electron chi connectivity index (χ4n) is 4.04. The number of nitrogens with zero attached hydrogens (tertiary/aromatic N) is 1. The Hall–Kier alpha value is -4.74. The molecule has 3 unspecified atom stereocenters. The van der Waals surface area contributed by atoms with Crippen molar-refractivity contribution in [2.75, 3.05) is 0 Å². The molecule has 1 aromatic heterocycles. The first-order chi connectivity index (χ1) is 18.0. The Morgan fingerprint density at radius 2 is 1.58 bits per heavy atom. The van der Waals surface area contributed by atoms with Gasteiger partial charge in [-0.15, -0.1) is 0 Å². The normalized spacial score (nSPS) is 13.4. The molecule has 0 spiro atoms. The van der Waals surface area contributed by atoms with Crippen molar-refractivity contribution in [2.45, 2.75) is 44.8 Å². The number of carbonyl (C=O) groups is 4. The molecule has 3 atom stereocenters. The van der Waals surface area contributed by atoms with Crippen LogP contribution in [0.3, 0.4) is 0 Å². The number of nitrogens with two attached hydrogens (primary N) is 1. The Kier molecular flexibility index (Phi) is 8.79. The lowest BCUT2D eigenvalue weighted by molar-refractivity contribution is -0.143. The SMILES string of the molecule is CC(C)C(NC(=O)C(CC(N)=O)NC(=O)C(Cc1ccccc1)n1c(=O)[nH]c2ccccc2c1=O)C(=O)O. The number of carboxylic acids is 1. The number of H-pyrrole nitrogens is 1. The smallest absolute Gasteiger partial charge is 0.329 e. The van der Waals surface area contributed by atoms with E-state index in [-0.39, 0.29) is 17.3 Å². The predicted molar refractivity (Wildman–Crippen MR) is 138 cm³/mol. The van der Waals surface area contributed by atoms with Crippen LogP contribution in [0.15, 0.2) is 64.2 Å². The van der Waals surface area contributed by atoms with Gasteiger partial charge >= 0.3 is 11.7 Å². The van der Waals surface area contributed by atoms with Crippen LogP contribution < -0.4 is 27.6 Å². The van der Waals surface area contributed by atoms with Crippen molar-refractivity contribution in [3.8, 4) is 0 Å². The molecule has 38 heavy (non-hydrogen) atoms. The lowest BCUT2D eigenvalue weighted by Crippen LogP contribution is -2.56. The summed E-state index contributed by atoms with van der Waals surface area (Å²) in [7, 11) is 0. The fourth-order valence-corrected chi connectivity index (χ4v) is 4.04. The van der Waals surface area contributed by atoms with Gasteiger partial charge < -0.3 is 26.5 Å². The van der Waals surface area contributed by atoms with Crippen LogP contribution in [0.1, 0.15) is 31.9 Å². The number of fused-ring (bicyclic) bond motifs is 1. The van der Waals surface area contributed by atoms with Crippen LogP contribution in [0.25, 0.3) is 10.9 Å². The number of hydrogen-bond donors (Lipinski definition) is 5. The molecule has 12 nitrogen and oxygen atoms in total. The minimum atomic E-state index is -1.55. The van der Waals surface area contributed by atoms with E-state index in [0.29, 0.717) is 5.56 Å². The van der Waals surface area contributed by atoms with E-state index >= 15 is 0 Å². The highest BCUT2D eigenvalue weighted by Gasteiger charge is 2.33. The van der Waals surface area contributed by atoms with Crippen molar-refractivity contribution in [1.29, 1.82) is 0 Å². The maximum absolute atomic E-state index is 13.6. The average Bonchev–Trinajstić information content (AvgIpc) is 2.86. The summed E-state index contributed by atoms with van der Waals surface area (Å²) in [5, 5.41) is 14.3. The van der Waals surface area contributed by atoms with Gasteiger partial charge in [0.05, 0.1) is 17.3 Å². The zero-order valence-corrected chi connectivity index (χ0v) is 20.8. The van der Waals surface area contributed by atoms with Gasteiger partial charge in [0.1, 0.15) is 18.1 Å². The van der Waals surface area contributed by atoms with E-state index in [0.717, 1.165) is 4.57 Å². The molecule has 200 valence electrons. The molecule has 0 aliphatic heterocycles. The molecule has 0 saturated heterocycles. The van der Waals surface area contributed by atoms with E-state index in [1.807, 2.05) is 0 Å². The standard InChI is InChI=1S/C26H29N5O7/c1-14(2)21(25(36)37)30-22(33)18(13-20(27)32)28-23(34)19(12-15-8-4-3-5-9-15)31-24(35)16-10-6-7-11-17(16)29-26(31)38/h3-11,14,18-19,21H,12-13H2,1-2H3,(H2,27,32)(H,28,34)(H,29,38)(H,30,33)(H,36,37). The number of nitrogens with one attached hydrogen (secondary N) is 3. The molecule has 3 rings (SSSR count). The van der Waals surface area contributed by atoms with Crippen LogP contribution in [-0.2, 0) is 25.6 Å². The van der Waals surface area contributed by atoms with Crippen molar-refractivity contribution in [3.63, 3.8) is 0 Å². The third-order valence-electron chi connectivity index (χ3n) is 5.99. The Morgan fingerprint density at radius 1 is 0.947 bits per heavy atom. The van der Waals surface area contributed by atoms with Gasteiger partial charge in [0, 0.05) is 6.42 Å². The Labute approximate surface area is 216 Å². The van der Waals surface area contributed by atoms with Gasteiger partial charge in [0.15, 0.2) is 0 Å². The molecular formula is C26H29N5O7. The van der Waals surface area contributed by atoms with Crippen molar-refractivity contribution in [2.24, 2.45) is 11.7 Å². The summed E-state index contributed by atoms with van der Waals surface area (Å²) < 4.78 is 0.762. The van der Waals surface area contributed by atoms with E-state index in [4.69, 9.17) is 5.73 Å². The van der Waals surface area contributed by atoms with Crippen molar-refractivity contribution in [1.82, 2.24) is 20.2 Å². The van der Waals surface area contributed by atoms with Crippen molar-refractivity contribution >= 4 is 34.6 Å². The molecule has 2 aromatic carbocycles. The fraction of sp³-hybridized carbons (Fsp3) is 0.308. The number of hydrogen-bond acceptors (Lipinski definition) is 6. The quantitative estimate of drug-likeness (QED) is 0.234. The maximum atomic E-state index is 13.6. The van der Waals surface area contributed by atoms with Crippen molar-refractivity contribution in [3.05, 3.63) is 81.0 Å². The van der Waals surface area contributed by atoms with Crippen LogP contribution >= 0.6 is 0 Å². The van der Waals surface area contributed by atoms with Crippen LogP contribution in [0.4, 0.5) is 0 Å². The molecule has 12 heteroatoms. The maximum Gasteiger partial charge on any atom is 0.329 e. The summed E-state index contributed by atoms with van der Waals surface area (Å²) in [6.07, 6.45) is -0.730. The first kappa shape index (κ1) is 27.8. The van der Waals surface area contributed by atoms with Gasteiger partial charge in [-0.3, -0.25) is 19.2 Å². The third-order valence-corrected chi connectivity index (χ3v) is 5.99. The Bertz CT molecular complexity index is 1460. The number of aliphatic carboxylic acids is 1. The summed E-state index contributed by atoms with van der Waals surface area (Å²) in [5.74, 6) is -4.58. The largest absolute Gasteiger partial charge is 0.480 e. The minimum absolute atomic E-state index is 0.0946. The Balaban J connectivity index is 2.03. The second-order valence-electron chi connectivity index (χ2n) is 9.16. The number of carboxylic acid groups (broad SMARTS) is 1. The summed E-state index contributed by atoms with van der Waals surface area (Å²) in [6, 6.07) is 10.7. The van der Waals surface area contributed by atoms with Crippen LogP contribution in [-0.4, -0.2) is 50.4 Å². The number of rotatable bonds is 11. The number of benzene rings is 2. The second-order valence-corrected chi connectivity index (χ2v) is 9.16. The topological polar surface area (TPSA) is 193 Å². The first-order valence-electron chi connectivity index (χ1n) is 11.9. The number of aromatic nitrogens is 2. The van der Waals surface area contributed by atoms with Gasteiger partial charge in [-0.2, -0.15) is 0 Å². The predicted octanol–water partition coefficient (Wildman–Crippen LogP) is 0.0592. The second kappa shape index (κ2) is 12.0. The highest BCUT2D eigenvalue weighted by Crippen LogP contribution is 2.14. The highest BCUT2D eigenvalue weighted by molar-refractivity contribution is 5.94.